The van der Waals surface area contributed by atoms with Crippen LogP contribution in [0.2, 0.25) is 0 Å². The molecule has 4 nitrogen and oxygen atoms in total. The van der Waals surface area contributed by atoms with Gasteiger partial charge in [-0.15, -0.1) is 0 Å². The lowest BCUT2D eigenvalue weighted by molar-refractivity contribution is -0.118. The molecule has 1 aromatic rings. The van der Waals surface area contributed by atoms with Gasteiger partial charge in [-0.2, -0.15) is 0 Å². The summed E-state index contributed by atoms with van der Waals surface area (Å²) in [5, 5.41) is 0. The lowest BCUT2D eigenvalue weighted by atomic mass is 10.1. The summed E-state index contributed by atoms with van der Waals surface area (Å²) in [6.07, 6.45) is 1.17. The molecule has 3 atom stereocenters. The van der Waals surface area contributed by atoms with Crippen LogP contribution >= 0.6 is 0 Å². The van der Waals surface area contributed by atoms with Crippen molar-refractivity contribution in [2.75, 3.05) is 6.61 Å². The minimum atomic E-state index is -0.267. The van der Waals surface area contributed by atoms with Crippen molar-refractivity contribution in [1.29, 1.82) is 0 Å². The van der Waals surface area contributed by atoms with Gasteiger partial charge in [-0.25, -0.2) is 4.79 Å². The lowest BCUT2D eigenvalue weighted by Gasteiger charge is -2.26. The Hall–Kier alpha value is -1.39. The van der Waals surface area contributed by atoms with Crippen LogP contribution in [0.4, 0.5) is 0 Å². The Morgan fingerprint density at radius 3 is 2.82 bits per heavy atom. The summed E-state index contributed by atoms with van der Waals surface area (Å²) in [6, 6.07) is 9.04. The Morgan fingerprint density at radius 1 is 1.24 bits per heavy atom. The maximum absolute atomic E-state index is 11.8. The third kappa shape index (κ3) is 2.33. The number of rotatable bonds is 2. The molecule has 2 heterocycles. The van der Waals surface area contributed by atoms with Crippen molar-refractivity contribution in [3.05, 3.63) is 35.9 Å². The molecule has 0 amide bonds. The first-order valence-corrected chi connectivity index (χ1v) is 5.84. The average molecular weight is 234 g/mol. The molecular weight excluding hydrogens is 220 g/mol. The second kappa shape index (κ2) is 4.47. The molecule has 3 rings (SSSR count). The fraction of sp³-hybridized carbons (Fsp3) is 0.462. The fourth-order valence-electron chi connectivity index (χ4n) is 2.25. The van der Waals surface area contributed by atoms with E-state index in [0.29, 0.717) is 18.6 Å². The van der Waals surface area contributed by atoms with Crippen LogP contribution in [0.3, 0.4) is 0 Å². The van der Waals surface area contributed by atoms with Gasteiger partial charge in [0.15, 0.2) is 6.29 Å². The van der Waals surface area contributed by atoms with Crippen LogP contribution in [0.5, 0.6) is 0 Å². The molecule has 2 aliphatic rings. The van der Waals surface area contributed by atoms with E-state index in [1.54, 1.807) is 12.1 Å². The van der Waals surface area contributed by atoms with Gasteiger partial charge >= 0.3 is 5.97 Å². The average Bonchev–Trinajstić information content (AvgIpc) is 2.70. The molecule has 0 saturated carbocycles. The van der Waals surface area contributed by atoms with Crippen molar-refractivity contribution in [2.24, 2.45) is 0 Å². The molecule has 90 valence electrons. The number of hydrogen-bond donors (Lipinski definition) is 0. The van der Waals surface area contributed by atoms with Crippen LogP contribution in [0.1, 0.15) is 23.2 Å². The highest BCUT2D eigenvalue weighted by atomic mass is 16.7. The molecule has 0 N–H and O–H groups in total. The lowest BCUT2D eigenvalue weighted by Crippen LogP contribution is -2.32. The van der Waals surface area contributed by atoms with E-state index in [-0.39, 0.29) is 24.5 Å². The molecule has 0 aliphatic carbocycles. The predicted molar refractivity (Wildman–Crippen MR) is 59.5 cm³/mol. The molecule has 2 saturated heterocycles. The number of carbonyl (C=O) groups excluding carboxylic acids is 1. The predicted octanol–water partition coefficient (Wildman–Crippen LogP) is 1.75. The minimum absolute atomic E-state index is 0.0855. The Bertz CT molecular complexity index is 391. The van der Waals surface area contributed by atoms with Crippen molar-refractivity contribution in [3.8, 4) is 0 Å². The maximum Gasteiger partial charge on any atom is 0.338 e. The highest BCUT2D eigenvalue weighted by Crippen LogP contribution is 2.29. The van der Waals surface area contributed by atoms with Gasteiger partial charge in [0.05, 0.1) is 18.3 Å². The molecule has 4 heteroatoms. The van der Waals surface area contributed by atoms with E-state index in [9.17, 15) is 4.79 Å². The van der Waals surface area contributed by atoms with Crippen molar-refractivity contribution in [1.82, 2.24) is 0 Å². The van der Waals surface area contributed by atoms with Crippen molar-refractivity contribution >= 4 is 5.97 Å². The molecule has 17 heavy (non-hydrogen) atoms. The van der Waals surface area contributed by atoms with E-state index in [4.69, 9.17) is 14.2 Å². The van der Waals surface area contributed by atoms with Crippen LogP contribution in [-0.4, -0.2) is 31.1 Å². The SMILES string of the molecule is O=C(O[C@H]1C[C@H]2CO[C@@H](C1)O2)c1ccccc1. The Labute approximate surface area is 99.5 Å². The monoisotopic (exact) mass is 234 g/mol. The summed E-state index contributed by atoms with van der Waals surface area (Å²) in [7, 11) is 0. The Morgan fingerprint density at radius 2 is 2.06 bits per heavy atom. The molecule has 2 aliphatic heterocycles. The normalized spacial score (nSPS) is 31.2. The van der Waals surface area contributed by atoms with Crippen molar-refractivity contribution < 1.29 is 19.0 Å². The number of fused-ring (bicyclic) bond motifs is 2. The number of esters is 1. The fourth-order valence-corrected chi connectivity index (χ4v) is 2.25. The second-order valence-electron chi connectivity index (χ2n) is 4.39. The number of hydrogen-bond acceptors (Lipinski definition) is 4. The molecule has 0 spiro atoms. The van der Waals surface area contributed by atoms with E-state index >= 15 is 0 Å². The molecular formula is C13H14O4. The smallest absolute Gasteiger partial charge is 0.338 e. The number of benzene rings is 1. The van der Waals surface area contributed by atoms with Gasteiger partial charge in [-0.3, -0.25) is 0 Å². The van der Waals surface area contributed by atoms with Crippen molar-refractivity contribution in [2.45, 2.75) is 31.3 Å². The summed E-state index contributed by atoms with van der Waals surface area (Å²) < 4.78 is 16.3. The molecule has 0 aromatic heterocycles. The van der Waals surface area contributed by atoms with Gasteiger partial charge in [-0.1, -0.05) is 18.2 Å². The number of carbonyl (C=O) groups is 1. The first-order valence-electron chi connectivity index (χ1n) is 5.84. The zero-order chi connectivity index (χ0) is 11.7. The van der Waals surface area contributed by atoms with E-state index in [2.05, 4.69) is 0 Å². The zero-order valence-electron chi connectivity index (χ0n) is 9.37. The third-order valence-electron chi connectivity index (χ3n) is 3.08. The quantitative estimate of drug-likeness (QED) is 0.731. The first kappa shape index (κ1) is 10.7. The van der Waals surface area contributed by atoms with Gasteiger partial charge < -0.3 is 14.2 Å². The van der Waals surface area contributed by atoms with Gasteiger partial charge in [-0.05, 0) is 12.1 Å². The minimum Gasteiger partial charge on any atom is -0.458 e. The second-order valence-corrected chi connectivity index (χ2v) is 4.39. The first-order chi connectivity index (χ1) is 8.31. The molecule has 0 radical (unpaired) electrons. The Balaban J connectivity index is 1.62. The molecule has 2 fully saturated rings. The van der Waals surface area contributed by atoms with Gasteiger partial charge in [0, 0.05) is 12.8 Å². The summed E-state index contributed by atoms with van der Waals surface area (Å²) in [5.41, 5.74) is 0.590. The van der Waals surface area contributed by atoms with Crippen molar-refractivity contribution in [3.63, 3.8) is 0 Å². The largest absolute Gasteiger partial charge is 0.458 e. The van der Waals surface area contributed by atoms with Gasteiger partial charge in [0.25, 0.3) is 0 Å². The summed E-state index contributed by atoms with van der Waals surface area (Å²) in [5.74, 6) is -0.267. The highest BCUT2D eigenvalue weighted by Gasteiger charge is 2.37. The molecule has 1 aromatic carbocycles. The van der Waals surface area contributed by atoms with E-state index in [1.807, 2.05) is 18.2 Å². The molecule has 0 unspecified atom stereocenters. The standard InChI is InChI=1S/C13H14O4/c14-13(9-4-2-1-3-5-9)17-10-6-11-8-15-12(7-10)16-11/h1-5,10-12H,6-8H2/t10-,11-,12+/m0/s1. The van der Waals surface area contributed by atoms with E-state index in [0.717, 1.165) is 6.42 Å². The van der Waals surface area contributed by atoms with Crippen LogP contribution in [0.25, 0.3) is 0 Å². The summed E-state index contributed by atoms with van der Waals surface area (Å²) in [4.78, 5) is 11.8. The highest BCUT2D eigenvalue weighted by molar-refractivity contribution is 5.89. The molecule has 2 bridgehead atoms. The van der Waals surface area contributed by atoms with E-state index < -0.39 is 0 Å². The van der Waals surface area contributed by atoms with Crippen LogP contribution < -0.4 is 0 Å². The van der Waals surface area contributed by atoms with Crippen LogP contribution in [-0.2, 0) is 14.2 Å². The maximum atomic E-state index is 11.8. The zero-order valence-corrected chi connectivity index (χ0v) is 9.37. The van der Waals surface area contributed by atoms with Gasteiger partial charge in [0.1, 0.15) is 6.10 Å². The van der Waals surface area contributed by atoms with Gasteiger partial charge in [0.2, 0.25) is 0 Å². The Kier molecular flexibility index (Phi) is 2.82. The summed E-state index contributed by atoms with van der Waals surface area (Å²) >= 11 is 0. The third-order valence-corrected chi connectivity index (χ3v) is 3.08. The van der Waals surface area contributed by atoms with E-state index in [1.165, 1.54) is 0 Å². The topological polar surface area (TPSA) is 44.8 Å². The van der Waals surface area contributed by atoms with Crippen LogP contribution in [0, 0.1) is 0 Å². The summed E-state index contributed by atoms with van der Waals surface area (Å²) in [6.45, 7) is 0.615. The number of ether oxygens (including phenoxy) is 3. The van der Waals surface area contributed by atoms with Crippen LogP contribution in [0.15, 0.2) is 30.3 Å².